The van der Waals surface area contributed by atoms with E-state index in [1.54, 1.807) is 0 Å². The van der Waals surface area contributed by atoms with Gasteiger partial charge in [0, 0.05) is 5.56 Å². The molecular weight excluding hydrogens is 318 g/mol. The van der Waals surface area contributed by atoms with Crippen molar-refractivity contribution >= 4 is 11.7 Å². The van der Waals surface area contributed by atoms with Crippen molar-refractivity contribution in [1.29, 1.82) is 0 Å². The number of esters is 1. The molecule has 1 aromatic heterocycles. The zero-order valence-corrected chi connectivity index (χ0v) is 11.5. The van der Waals surface area contributed by atoms with Gasteiger partial charge in [0.2, 0.25) is 0 Å². The van der Waals surface area contributed by atoms with Gasteiger partial charge in [-0.2, -0.15) is 26.3 Å². The van der Waals surface area contributed by atoms with Gasteiger partial charge in [-0.3, -0.25) is 0 Å². The zero-order valence-electron chi connectivity index (χ0n) is 11.5. The van der Waals surface area contributed by atoms with Gasteiger partial charge in [0.1, 0.15) is 11.3 Å². The average molecular weight is 330 g/mol. The van der Waals surface area contributed by atoms with Crippen molar-refractivity contribution in [3.05, 3.63) is 22.5 Å². The second kappa shape index (κ2) is 6.01. The number of nitrogens with two attached hydrogens (primary N) is 1. The summed E-state index contributed by atoms with van der Waals surface area (Å²) in [4.78, 5) is 14.3. The molecule has 0 fully saturated rings. The Labute approximate surface area is 121 Å². The molecule has 4 nitrogen and oxygen atoms in total. The number of carbonyl (C=O) groups excluding carboxylic acids is 1. The quantitative estimate of drug-likeness (QED) is 0.681. The molecule has 0 aliphatic carbocycles. The molecule has 0 amide bonds. The number of hydrogen-bond acceptors (Lipinski definition) is 4. The van der Waals surface area contributed by atoms with Crippen molar-refractivity contribution in [2.45, 2.75) is 32.6 Å². The van der Waals surface area contributed by atoms with Crippen LogP contribution in [0.2, 0.25) is 0 Å². The van der Waals surface area contributed by atoms with Gasteiger partial charge < -0.3 is 10.5 Å². The van der Waals surface area contributed by atoms with Gasteiger partial charge in [0.25, 0.3) is 0 Å². The third-order valence-electron chi connectivity index (χ3n) is 2.71. The van der Waals surface area contributed by atoms with Gasteiger partial charge >= 0.3 is 18.3 Å². The van der Waals surface area contributed by atoms with Crippen LogP contribution in [-0.4, -0.2) is 17.6 Å². The van der Waals surface area contributed by atoms with Crippen LogP contribution >= 0.6 is 0 Å². The number of halogens is 6. The summed E-state index contributed by atoms with van der Waals surface area (Å²) < 4.78 is 81.8. The number of ether oxygens (including phenoxy) is 1. The SMILES string of the molecule is CCOC(=O)c1c(C(F)(F)F)nc(C(F)(F)F)c(CC)c1N. The zero-order chi connectivity index (χ0) is 17.3. The highest BCUT2D eigenvalue weighted by molar-refractivity contribution is 5.97. The Kier molecular flexibility index (Phi) is 4.93. The third kappa shape index (κ3) is 3.42. The van der Waals surface area contributed by atoms with Crippen molar-refractivity contribution in [2.24, 2.45) is 0 Å². The number of anilines is 1. The molecular formula is C12H12F6N2O2. The summed E-state index contributed by atoms with van der Waals surface area (Å²) in [5.74, 6) is -1.47. The fraction of sp³-hybridized carbons (Fsp3) is 0.500. The van der Waals surface area contributed by atoms with Crippen molar-refractivity contribution in [3.8, 4) is 0 Å². The van der Waals surface area contributed by atoms with Crippen LogP contribution in [-0.2, 0) is 23.5 Å². The Balaban J connectivity index is 3.80. The van der Waals surface area contributed by atoms with Crippen LogP contribution in [0.3, 0.4) is 0 Å². The predicted octanol–water partition coefficient (Wildman–Crippen LogP) is 3.44. The number of rotatable bonds is 3. The molecule has 0 aliphatic heterocycles. The van der Waals surface area contributed by atoms with Gasteiger partial charge in [-0.1, -0.05) is 6.92 Å². The molecule has 0 radical (unpaired) electrons. The lowest BCUT2D eigenvalue weighted by molar-refractivity contribution is -0.150. The van der Waals surface area contributed by atoms with Crippen LogP contribution < -0.4 is 5.73 Å². The fourth-order valence-corrected chi connectivity index (χ4v) is 1.85. The fourth-order valence-electron chi connectivity index (χ4n) is 1.85. The molecule has 1 rings (SSSR count). The molecule has 0 saturated heterocycles. The smallest absolute Gasteiger partial charge is 0.434 e. The molecule has 0 spiro atoms. The number of aromatic nitrogens is 1. The maximum Gasteiger partial charge on any atom is 0.434 e. The van der Waals surface area contributed by atoms with E-state index in [4.69, 9.17) is 5.73 Å². The van der Waals surface area contributed by atoms with Gasteiger partial charge in [-0.15, -0.1) is 0 Å². The van der Waals surface area contributed by atoms with Gasteiger partial charge in [-0.05, 0) is 13.3 Å². The lowest BCUT2D eigenvalue weighted by Crippen LogP contribution is -2.25. The lowest BCUT2D eigenvalue weighted by Gasteiger charge is -2.20. The second-order valence-electron chi connectivity index (χ2n) is 4.15. The number of hydrogen-bond donors (Lipinski definition) is 1. The first-order valence-electron chi connectivity index (χ1n) is 6.08. The van der Waals surface area contributed by atoms with E-state index in [2.05, 4.69) is 9.72 Å². The van der Waals surface area contributed by atoms with Gasteiger partial charge in [-0.25, -0.2) is 9.78 Å². The first-order chi connectivity index (χ1) is 9.95. The van der Waals surface area contributed by atoms with E-state index < -0.39 is 46.5 Å². The first kappa shape index (κ1) is 18.1. The molecule has 124 valence electrons. The molecule has 0 atom stereocenters. The highest BCUT2D eigenvalue weighted by Crippen LogP contribution is 2.40. The summed E-state index contributed by atoms with van der Waals surface area (Å²) in [7, 11) is 0. The Morgan fingerprint density at radius 3 is 1.95 bits per heavy atom. The predicted molar refractivity (Wildman–Crippen MR) is 64.0 cm³/mol. The Bertz CT molecular complexity index is 580. The second-order valence-corrected chi connectivity index (χ2v) is 4.15. The molecule has 0 bridgehead atoms. The minimum absolute atomic E-state index is 0.266. The van der Waals surface area contributed by atoms with E-state index in [1.165, 1.54) is 13.8 Å². The van der Waals surface area contributed by atoms with E-state index in [9.17, 15) is 31.1 Å². The molecule has 1 aromatic rings. The van der Waals surface area contributed by atoms with Crippen molar-refractivity contribution in [1.82, 2.24) is 4.98 Å². The summed E-state index contributed by atoms with van der Waals surface area (Å²) in [6.07, 6.45) is -10.8. The van der Waals surface area contributed by atoms with Crippen LogP contribution in [0.15, 0.2) is 0 Å². The van der Waals surface area contributed by atoms with Crippen LogP contribution in [0.4, 0.5) is 32.0 Å². The Morgan fingerprint density at radius 1 is 1.09 bits per heavy atom. The molecule has 10 heteroatoms. The van der Waals surface area contributed by atoms with Gasteiger partial charge in [0.05, 0.1) is 12.3 Å². The Hall–Kier alpha value is -2.00. The number of carbonyl (C=O) groups is 1. The third-order valence-corrected chi connectivity index (χ3v) is 2.71. The summed E-state index contributed by atoms with van der Waals surface area (Å²) in [6, 6.07) is 0. The maximum absolute atomic E-state index is 12.9. The Morgan fingerprint density at radius 2 is 1.59 bits per heavy atom. The number of pyridine rings is 1. The van der Waals surface area contributed by atoms with E-state index >= 15 is 0 Å². The van der Waals surface area contributed by atoms with E-state index in [0.29, 0.717) is 0 Å². The molecule has 0 unspecified atom stereocenters. The maximum atomic E-state index is 12.9. The minimum atomic E-state index is -5.29. The number of nitrogen functional groups attached to an aromatic ring is 1. The largest absolute Gasteiger partial charge is 0.462 e. The van der Waals surface area contributed by atoms with Crippen LogP contribution in [0.5, 0.6) is 0 Å². The highest BCUT2D eigenvalue weighted by atomic mass is 19.4. The summed E-state index contributed by atoms with van der Waals surface area (Å²) >= 11 is 0. The van der Waals surface area contributed by atoms with Crippen LogP contribution in [0.1, 0.15) is 41.2 Å². The number of nitrogens with zero attached hydrogens (tertiary/aromatic N) is 1. The monoisotopic (exact) mass is 330 g/mol. The molecule has 0 aliphatic rings. The number of alkyl halides is 6. The highest BCUT2D eigenvalue weighted by Gasteiger charge is 2.45. The van der Waals surface area contributed by atoms with E-state index in [-0.39, 0.29) is 13.0 Å². The summed E-state index contributed by atoms with van der Waals surface area (Å²) in [5, 5.41) is 0. The minimum Gasteiger partial charge on any atom is -0.462 e. The first-order valence-corrected chi connectivity index (χ1v) is 6.08. The van der Waals surface area contributed by atoms with E-state index in [1.807, 2.05) is 0 Å². The van der Waals surface area contributed by atoms with Gasteiger partial charge in [0.15, 0.2) is 5.69 Å². The average Bonchev–Trinajstić information content (AvgIpc) is 2.35. The topological polar surface area (TPSA) is 65.2 Å². The molecule has 0 aromatic carbocycles. The van der Waals surface area contributed by atoms with Crippen molar-refractivity contribution in [3.63, 3.8) is 0 Å². The molecule has 2 N–H and O–H groups in total. The molecule has 0 saturated carbocycles. The summed E-state index contributed by atoms with van der Waals surface area (Å²) in [6.45, 7) is 2.32. The van der Waals surface area contributed by atoms with Crippen LogP contribution in [0, 0.1) is 0 Å². The normalized spacial score (nSPS) is 12.4. The molecule has 1 heterocycles. The summed E-state index contributed by atoms with van der Waals surface area (Å²) in [5.41, 5.74) is -1.18. The van der Waals surface area contributed by atoms with Crippen molar-refractivity contribution in [2.75, 3.05) is 12.3 Å². The van der Waals surface area contributed by atoms with Crippen molar-refractivity contribution < 1.29 is 35.9 Å². The van der Waals surface area contributed by atoms with E-state index in [0.717, 1.165) is 0 Å². The molecule has 22 heavy (non-hydrogen) atoms. The standard InChI is InChI=1S/C12H12F6N2O2/c1-3-5-7(19)6(10(21)22-4-2)9(12(16,17)18)20-8(5)11(13,14)15/h3-4H2,1-2H3,(H2,19,20). The lowest BCUT2D eigenvalue weighted by atomic mass is 10.0. The van der Waals surface area contributed by atoms with Crippen LogP contribution in [0.25, 0.3) is 0 Å².